The summed E-state index contributed by atoms with van der Waals surface area (Å²) in [7, 11) is 0. The van der Waals surface area contributed by atoms with Crippen molar-refractivity contribution in [2.24, 2.45) is 0 Å². The third kappa shape index (κ3) is 3.34. The Bertz CT molecular complexity index is 610. The van der Waals surface area contributed by atoms with Gasteiger partial charge in [-0.3, -0.25) is 9.78 Å². The molecular weight excluding hydrogens is 266 g/mol. The van der Waals surface area contributed by atoms with Gasteiger partial charge in [-0.2, -0.15) is 0 Å². The van der Waals surface area contributed by atoms with Gasteiger partial charge in [0.1, 0.15) is 0 Å². The van der Waals surface area contributed by atoms with Gasteiger partial charge >= 0.3 is 0 Å². The minimum absolute atomic E-state index is 0.130. The first kappa shape index (κ1) is 13.1. The summed E-state index contributed by atoms with van der Waals surface area (Å²) >= 11 is 7.41. The van der Waals surface area contributed by atoms with Gasteiger partial charge in [0, 0.05) is 24.3 Å². The van der Waals surface area contributed by atoms with Gasteiger partial charge in [0.2, 0.25) is 0 Å². The summed E-state index contributed by atoms with van der Waals surface area (Å²) < 4.78 is 0. The molecule has 0 aliphatic rings. The molecule has 0 bridgehead atoms. The smallest absolute Gasteiger partial charge is 0.186 e. The summed E-state index contributed by atoms with van der Waals surface area (Å²) in [5.41, 5.74) is 1.94. The van der Waals surface area contributed by atoms with Gasteiger partial charge in [-0.1, -0.05) is 41.6 Å². The number of hydrogen-bond acceptors (Lipinski definition) is 3. The van der Waals surface area contributed by atoms with E-state index in [1.807, 2.05) is 30.4 Å². The Kier molecular flexibility index (Phi) is 4.39. The molecule has 1 aromatic carbocycles. The summed E-state index contributed by atoms with van der Waals surface area (Å²) in [5.74, 6) is 0.689. The number of pyridine rings is 1. The van der Waals surface area contributed by atoms with Crippen LogP contribution in [0.1, 0.15) is 12.5 Å². The Hall–Kier alpha value is -1.32. The van der Waals surface area contributed by atoms with E-state index in [0.29, 0.717) is 10.8 Å². The standard InChI is InChI=1S/C14H12ClNOS/c1-10(17)18-8-2-3-11-4-5-14-12(9-11)13(15)6-7-16-14/h2-7,9H,8H2,1H3. The zero-order chi connectivity index (χ0) is 13.0. The van der Waals surface area contributed by atoms with Crippen LogP contribution in [0.2, 0.25) is 5.02 Å². The van der Waals surface area contributed by atoms with Gasteiger partial charge in [0.15, 0.2) is 5.12 Å². The number of carbonyl (C=O) groups excluding carboxylic acids is 1. The van der Waals surface area contributed by atoms with Gasteiger partial charge in [0.25, 0.3) is 0 Å². The van der Waals surface area contributed by atoms with Crippen LogP contribution in [0.25, 0.3) is 17.0 Å². The van der Waals surface area contributed by atoms with Crippen molar-refractivity contribution >= 4 is 45.5 Å². The van der Waals surface area contributed by atoms with E-state index < -0.39 is 0 Å². The Labute approximate surface area is 115 Å². The van der Waals surface area contributed by atoms with E-state index >= 15 is 0 Å². The number of fused-ring (bicyclic) bond motifs is 1. The van der Waals surface area contributed by atoms with Crippen LogP contribution in [0, 0.1) is 0 Å². The minimum Gasteiger partial charge on any atom is -0.288 e. The van der Waals surface area contributed by atoms with Crippen LogP contribution < -0.4 is 0 Å². The fraction of sp³-hybridized carbons (Fsp3) is 0.143. The molecule has 0 saturated heterocycles. The van der Waals surface area contributed by atoms with Crippen LogP contribution in [0.5, 0.6) is 0 Å². The predicted octanol–water partition coefficient (Wildman–Crippen LogP) is 4.18. The average Bonchev–Trinajstić information content (AvgIpc) is 2.35. The molecular formula is C14H12ClNOS. The van der Waals surface area contributed by atoms with E-state index in [1.54, 1.807) is 19.2 Å². The molecule has 92 valence electrons. The van der Waals surface area contributed by atoms with Gasteiger partial charge in [-0.15, -0.1) is 0 Å². The van der Waals surface area contributed by atoms with Gasteiger partial charge in [-0.25, -0.2) is 0 Å². The van der Waals surface area contributed by atoms with Crippen molar-refractivity contribution in [2.45, 2.75) is 6.92 Å². The maximum absolute atomic E-state index is 10.8. The molecule has 1 aromatic heterocycles. The molecule has 2 nitrogen and oxygen atoms in total. The maximum atomic E-state index is 10.8. The van der Waals surface area contributed by atoms with Crippen molar-refractivity contribution in [3.05, 3.63) is 47.1 Å². The third-order valence-electron chi connectivity index (χ3n) is 2.41. The van der Waals surface area contributed by atoms with Gasteiger partial charge < -0.3 is 0 Å². The van der Waals surface area contributed by atoms with Gasteiger partial charge in [0.05, 0.1) is 10.5 Å². The number of nitrogens with zero attached hydrogens (tertiary/aromatic N) is 1. The number of carbonyl (C=O) groups is 1. The predicted molar refractivity (Wildman–Crippen MR) is 78.9 cm³/mol. The second-order valence-corrected chi connectivity index (χ2v) is 5.38. The molecule has 0 radical (unpaired) electrons. The molecule has 0 aliphatic carbocycles. The summed E-state index contributed by atoms with van der Waals surface area (Å²) in [5, 5.41) is 1.78. The lowest BCUT2D eigenvalue weighted by molar-refractivity contribution is -0.109. The Balaban J connectivity index is 2.19. The highest BCUT2D eigenvalue weighted by Crippen LogP contribution is 2.23. The number of rotatable bonds is 3. The summed E-state index contributed by atoms with van der Waals surface area (Å²) in [6.45, 7) is 1.57. The van der Waals surface area contributed by atoms with Crippen LogP contribution in [-0.4, -0.2) is 15.9 Å². The molecule has 0 amide bonds. The van der Waals surface area contributed by atoms with E-state index in [1.165, 1.54) is 11.8 Å². The number of benzene rings is 1. The highest BCUT2D eigenvalue weighted by molar-refractivity contribution is 8.13. The van der Waals surface area contributed by atoms with Crippen LogP contribution in [-0.2, 0) is 4.79 Å². The molecule has 0 atom stereocenters. The van der Waals surface area contributed by atoms with Crippen molar-refractivity contribution in [3.63, 3.8) is 0 Å². The largest absolute Gasteiger partial charge is 0.288 e. The van der Waals surface area contributed by atoms with Crippen molar-refractivity contribution in [1.29, 1.82) is 0 Å². The van der Waals surface area contributed by atoms with Crippen LogP contribution in [0.3, 0.4) is 0 Å². The lowest BCUT2D eigenvalue weighted by Crippen LogP contribution is -1.83. The van der Waals surface area contributed by atoms with Crippen LogP contribution >= 0.6 is 23.4 Å². The Morgan fingerprint density at radius 2 is 2.28 bits per heavy atom. The highest BCUT2D eigenvalue weighted by atomic mass is 35.5. The summed E-state index contributed by atoms with van der Waals surface area (Å²) in [6.07, 6.45) is 5.65. The van der Waals surface area contributed by atoms with Crippen LogP contribution in [0.4, 0.5) is 0 Å². The Morgan fingerprint density at radius 3 is 3.06 bits per heavy atom. The fourth-order valence-electron chi connectivity index (χ4n) is 1.58. The number of hydrogen-bond donors (Lipinski definition) is 0. The van der Waals surface area contributed by atoms with E-state index in [2.05, 4.69) is 4.98 Å². The first-order chi connectivity index (χ1) is 8.66. The molecule has 0 unspecified atom stereocenters. The first-order valence-corrected chi connectivity index (χ1v) is 6.87. The zero-order valence-corrected chi connectivity index (χ0v) is 11.5. The molecule has 0 fully saturated rings. The second-order valence-electron chi connectivity index (χ2n) is 3.77. The Morgan fingerprint density at radius 1 is 1.44 bits per heavy atom. The summed E-state index contributed by atoms with van der Waals surface area (Å²) in [4.78, 5) is 15.0. The molecule has 0 saturated carbocycles. The number of halogens is 1. The highest BCUT2D eigenvalue weighted by Gasteiger charge is 1.99. The first-order valence-electron chi connectivity index (χ1n) is 5.51. The third-order valence-corrected chi connectivity index (χ3v) is 3.50. The SMILES string of the molecule is CC(=O)SCC=Cc1ccc2nccc(Cl)c2c1. The molecule has 18 heavy (non-hydrogen) atoms. The monoisotopic (exact) mass is 277 g/mol. The van der Waals surface area contributed by atoms with E-state index in [-0.39, 0.29) is 5.12 Å². The van der Waals surface area contributed by atoms with E-state index in [4.69, 9.17) is 11.6 Å². The quantitative estimate of drug-likeness (QED) is 0.843. The number of aromatic nitrogens is 1. The van der Waals surface area contributed by atoms with E-state index in [0.717, 1.165) is 16.5 Å². The normalized spacial score (nSPS) is 11.2. The fourth-order valence-corrected chi connectivity index (χ4v) is 2.22. The molecule has 2 rings (SSSR count). The molecule has 0 aliphatic heterocycles. The van der Waals surface area contributed by atoms with E-state index in [9.17, 15) is 4.79 Å². The topological polar surface area (TPSA) is 30.0 Å². The van der Waals surface area contributed by atoms with Crippen LogP contribution in [0.15, 0.2) is 36.5 Å². The molecule has 2 aromatic rings. The van der Waals surface area contributed by atoms with Gasteiger partial charge in [-0.05, 0) is 23.8 Å². The van der Waals surface area contributed by atoms with Crippen molar-refractivity contribution in [3.8, 4) is 0 Å². The van der Waals surface area contributed by atoms with Crippen molar-refractivity contribution in [1.82, 2.24) is 4.98 Å². The maximum Gasteiger partial charge on any atom is 0.186 e. The minimum atomic E-state index is 0.130. The zero-order valence-electron chi connectivity index (χ0n) is 9.89. The second kappa shape index (κ2) is 6.03. The molecule has 4 heteroatoms. The lowest BCUT2D eigenvalue weighted by Gasteiger charge is -2.00. The summed E-state index contributed by atoms with van der Waals surface area (Å²) in [6, 6.07) is 7.71. The molecule has 0 N–H and O–H groups in total. The number of thioether (sulfide) groups is 1. The van der Waals surface area contributed by atoms with Crippen molar-refractivity contribution in [2.75, 3.05) is 5.75 Å². The molecule has 1 heterocycles. The molecule has 0 spiro atoms. The lowest BCUT2D eigenvalue weighted by atomic mass is 10.1. The van der Waals surface area contributed by atoms with Crippen molar-refractivity contribution < 1.29 is 4.79 Å². The average molecular weight is 278 g/mol.